The summed E-state index contributed by atoms with van der Waals surface area (Å²) in [5.41, 5.74) is 1.14. The first-order valence-corrected chi connectivity index (χ1v) is 11.3. The number of fused-ring (bicyclic) bond motifs is 1. The van der Waals surface area contributed by atoms with Crippen LogP contribution in [-0.4, -0.2) is 23.9 Å². The molecule has 1 aliphatic rings. The molecule has 3 aromatic rings. The monoisotopic (exact) mass is 518 g/mol. The number of rotatable bonds is 5. The van der Waals surface area contributed by atoms with Gasteiger partial charge in [-0.15, -0.1) is 0 Å². The van der Waals surface area contributed by atoms with E-state index in [4.69, 9.17) is 11.6 Å². The van der Waals surface area contributed by atoms with Crippen LogP contribution in [0.3, 0.4) is 0 Å². The third-order valence-electron chi connectivity index (χ3n) is 6.26. The summed E-state index contributed by atoms with van der Waals surface area (Å²) in [4.78, 5) is 28.7. The van der Waals surface area contributed by atoms with Crippen molar-refractivity contribution in [1.82, 2.24) is 10.2 Å². The zero-order chi connectivity index (χ0) is 26.3. The summed E-state index contributed by atoms with van der Waals surface area (Å²) < 4.78 is 55.6. The second kappa shape index (κ2) is 9.81. The predicted octanol–water partition coefficient (Wildman–Crippen LogP) is 6.14. The van der Waals surface area contributed by atoms with Gasteiger partial charge in [-0.2, -0.15) is 0 Å². The van der Waals surface area contributed by atoms with Crippen LogP contribution in [0.5, 0.6) is 0 Å². The molecule has 0 saturated heterocycles. The van der Waals surface area contributed by atoms with Gasteiger partial charge in [-0.25, -0.2) is 22.4 Å². The summed E-state index contributed by atoms with van der Waals surface area (Å²) in [6.45, 7) is 4.83. The third-order valence-corrected chi connectivity index (χ3v) is 6.73. The lowest BCUT2D eigenvalue weighted by Gasteiger charge is -2.40. The minimum absolute atomic E-state index is 0.0727. The lowest BCUT2D eigenvalue weighted by molar-refractivity contribution is 0.0950. The van der Waals surface area contributed by atoms with Crippen molar-refractivity contribution in [1.29, 1.82) is 0 Å². The van der Waals surface area contributed by atoms with Gasteiger partial charge < -0.3 is 10.2 Å². The molecule has 187 valence electrons. The van der Waals surface area contributed by atoms with Gasteiger partial charge in [0, 0.05) is 42.4 Å². The fourth-order valence-corrected chi connectivity index (χ4v) is 4.27. The molecule has 0 fully saturated rings. The molecular formula is C26H21ClF4N3O2. The van der Waals surface area contributed by atoms with Crippen molar-refractivity contribution in [3.8, 4) is 0 Å². The van der Waals surface area contributed by atoms with Gasteiger partial charge >= 0.3 is 6.03 Å². The molecule has 1 radical (unpaired) electrons. The van der Waals surface area contributed by atoms with E-state index in [1.165, 1.54) is 34.1 Å². The first-order valence-electron chi connectivity index (χ1n) is 10.9. The molecule has 0 unspecified atom stereocenters. The van der Waals surface area contributed by atoms with E-state index in [9.17, 15) is 27.2 Å². The normalized spacial score (nSPS) is 15.2. The summed E-state index contributed by atoms with van der Waals surface area (Å²) >= 11 is 6.27. The van der Waals surface area contributed by atoms with Crippen LogP contribution in [-0.2, 0) is 13.1 Å². The standard InChI is InChI=1S/C26H21ClF4N3O2/c1-13-4-7-20(29)19(24(13)27)12-34-23-8-15(5-6-17(23)14(2)33(3)26(34)36)25(35)32-11-18-21(30)9-16(28)10-22(18)31/h4-10,14H,1,11-12H2,2-3H3,(H,32,35)/t14-/m0/s1. The third kappa shape index (κ3) is 4.63. The van der Waals surface area contributed by atoms with Crippen molar-refractivity contribution < 1.29 is 27.2 Å². The molecule has 3 aromatic carbocycles. The van der Waals surface area contributed by atoms with Gasteiger partial charge in [0.15, 0.2) is 0 Å². The fraction of sp³-hybridized carbons (Fsp3) is 0.192. The molecular weight excluding hydrogens is 498 g/mol. The summed E-state index contributed by atoms with van der Waals surface area (Å²) in [5, 5.41) is 2.49. The highest BCUT2D eigenvalue weighted by molar-refractivity contribution is 6.32. The highest BCUT2D eigenvalue weighted by Crippen LogP contribution is 2.38. The second-order valence-corrected chi connectivity index (χ2v) is 8.84. The molecule has 3 amide bonds. The van der Waals surface area contributed by atoms with Crippen LogP contribution >= 0.6 is 11.6 Å². The van der Waals surface area contributed by atoms with Crippen LogP contribution in [0.1, 0.15) is 45.6 Å². The van der Waals surface area contributed by atoms with Gasteiger partial charge in [-0.05, 0) is 43.2 Å². The van der Waals surface area contributed by atoms with Crippen molar-refractivity contribution in [3.63, 3.8) is 0 Å². The zero-order valence-corrected chi connectivity index (χ0v) is 20.1. The van der Waals surface area contributed by atoms with E-state index in [0.29, 0.717) is 28.9 Å². The Balaban J connectivity index is 1.67. The average Bonchev–Trinajstić information content (AvgIpc) is 2.83. The second-order valence-electron chi connectivity index (χ2n) is 8.46. The number of nitrogens with zero attached hydrogens (tertiary/aromatic N) is 2. The molecule has 5 nitrogen and oxygen atoms in total. The number of carbonyl (C=O) groups excluding carboxylic acids is 2. The van der Waals surface area contributed by atoms with E-state index < -0.39 is 47.3 Å². The van der Waals surface area contributed by atoms with Gasteiger partial charge in [0.05, 0.1) is 23.3 Å². The summed E-state index contributed by atoms with van der Waals surface area (Å²) in [5.74, 6) is -4.61. The largest absolute Gasteiger partial charge is 0.348 e. The van der Waals surface area contributed by atoms with Crippen molar-refractivity contribution in [2.75, 3.05) is 11.9 Å². The van der Waals surface area contributed by atoms with E-state index in [-0.39, 0.29) is 28.7 Å². The zero-order valence-electron chi connectivity index (χ0n) is 19.3. The van der Waals surface area contributed by atoms with E-state index >= 15 is 0 Å². The lowest BCUT2D eigenvalue weighted by Crippen LogP contribution is -2.46. The highest BCUT2D eigenvalue weighted by Gasteiger charge is 2.34. The first kappa shape index (κ1) is 25.5. The Kier molecular flexibility index (Phi) is 6.95. The number of halogens is 5. The quantitative estimate of drug-likeness (QED) is 0.412. The van der Waals surface area contributed by atoms with Crippen molar-refractivity contribution in [2.24, 2.45) is 0 Å². The number of amides is 3. The lowest BCUT2D eigenvalue weighted by atomic mass is 9.98. The minimum Gasteiger partial charge on any atom is -0.348 e. The van der Waals surface area contributed by atoms with Crippen molar-refractivity contribution in [2.45, 2.75) is 26.1 Å². The number of anilines is 1. The van der Waals surface area contributed by atoms with Crippen molar-refractivity contribution in [3.05, 3.63) is 105 Å². The van der Waals surface area contributed by atoms with Gasteiger partial charge in [0.25, 0.3) is 5.91 Å². The Bertz CT molecular complexity index is 1360. The molecule has 0 aromatic heterocycles. The molecule has 1 heterocycles. The number of hydrogen-bond acceptors (Lipinski definition) is 2. The number of hydrogen-bond donors (Lipinski definition) is 1. The average molecular weight is 519 g/mol. The van der Waals surface area contributed by atoms with Crippen LogP contribution in [0.15, 0.2) is 42.5 Å². The SMILES string of the molecule is [CH2]c1ccc(F)c(CN2C(=O)N(C)[C@@H](C)c3ccc(C(=O)NCc4c(F)cc(F)cc4F)cc32)c1Cl. The molecule has 36 heavy (non-hydrogen) atoms. The molecule has 1 aliphatic heterocycles. The Hall–Kier alpha value is -3.59. The smallest absolute Gasteiger partial charge is 0.325 e. The Morgan fingerprint density at radius 1 is 1.03 bits per heavy atom. The number of benzene rings is 3. The maximum atomic E-state index is 14.6. The van der Waals surface area contributed by atoms with E-state index in [1.807, 2.05) is 0 Å². The topological polar surface area (TPSA) is 52.7 Å². The summed E-state index contributed by atoms with van der Waals surface area (Å²) in [6.07, 6.45) is 0. The van der Waals surface area contributed by atoms with Crippen LogP contribution in [0.25, 0.3) is 0 Å². The molecule has 0 saturated carbocycles. The maximum absolute atomic E-state index is 14.6. The highest BCUT2D eigenvalue weighted by atomic mass is 35.5. The molecule has 1 N–H and O–H groups in total. The molecule has 0 aliphatic carbocycles. The van der Waals surface area contributed by atoms with Crippen LogP contribution < -0.4 is 10.2 Å². The molecule has 1 atom stereocenters. The van der Waals surface area contributed by atoms with E-state index in [2.05, 4.69) is 12.2 Å². The predicted molar refractivity (Wildman–Crippen MR) is 128 cm³/mol. The Morgan fingerprint density at radius 3 is 2.36 bits per heavy atom. The van der Waals surface area contributed by atoms with Crippen molar-refractivity contribution >= 4 is 29.2 Å². The summed E-state index contributed by atoms with van der Waals surface area (Å²) in [6, 6.07) is 7.51. The first-order chi connectivity index (χ1) is 17.0. The van der Waals surface area contributed by atoms with Gasteiger partial charge in [-0.1, -0.05) is 23.7 Å². The molecule has 0 spiro atoms. The van der Waals surface area contributed by atoms with E-state index in [1.54, 1.807) is 20.0 Å². The van der Waals surface area contributed by atoms with Crippen LogP contribution in [0.4, 0.5) is 28.0 Å². The van der Waals surface area contributed by atoms with Gasteiger partial charge in [-0.3, -0.25) is 9.69 Å². The van der Waals surface area contributed by atoms with Crippen LogP contribution in [0.2, 0.25) is 5.02 Å². The molecule has 0 bridgehead atoms. The van der Waals surface area contributed by atoms with E-state index in [0.717, 1.165) is 0 Å². The Labute approximate surface area is 210 Å². The molecule has 10 heteroatoms. The summed E-state index contributed by atoms with van der Waals surface area (Å²) in [7, 11) is 1.60. The van der Waals surface area contributed by atoms with Gasteiger partial charge in [0.1, 0.15) is 23.3 Å². The number of carbonyl (C=O) groups is 2. The Morgan fingerprint density at radius 2 is 1.69 bits per heavy atom. The number of urea groups is 1. The maximum Gasteiger partial charge on any atom is 0.325 e. The van der Waals surface area contributed by atoms with Gasteiger partial charge in [0.2, 0.25) is 0 Å². The minimum atomic E-state index is -1.13. The number of nitrogens with one attached hydrogen (secondary N) is 1. The molecule has 4 rings (SSSR count). The fourth-order valence-electron chi connectivity index (χ4n) is 4.05. The van der Waals surface area contributed by atoms with Crippen LogP contribution in [0, 0.1) is 30.2 Å².